The molecule has 0 fully saturated rings. The monoisotopic (exact) mass is 223 g/mol. The maximum atomic E-state index is 5.22. The average Bonchev–Trinajstić information content (AvgIpc) is 2.27. The number of methoxy groups -OCH3 is 2. The van der Waals surface area contributed by atoms with E-state index in [0.717, 1.165) is 18.9 Å². The first-order valence-electron chi connectivity index (χ1n) is 5.53. The predicted molar refractivity (Wildman–Crippen MR) is 65.9 cm³/mol. The Balaban J connectivity index is 2.51. The highest BCUT2D eigenvalue weighted by molar-refractivity contribution is 5.36. The van der Waals surface area contributed by atoms with Crippen LogP contribution in [0.2, 0.25) is 0 Å². The van der Waals surface area contributed by atoms with E-state index in [-0.39, 0.29) is 0 Å². The van der Waals surface area contributed by atoms with Gasteiger partial charge in [-0.15, -0.1) is 0 Å². The van der Waals surface area contributed by atoms with Crippen LogP contribution in [0.15, 0.2) is 18.2 Å². The van der Waals surface area contributed by atoms with Crippen molar-refractivity contribution < 1.29 is 9.47 Å². The average molecular weight is 223 g/mol. The highest BCUT2D eigenvalue weighted by atomic mass is 16.5. The quantitative estimate of drug-likeness (QED) is 0.801. The summed E-state index contributed by atoms with van der Waals surface area (Å²) in [7, 11) is 3.41. The van der Waals surface area contributed by atoms with E-state index in [1.54, 1.807) is 14.2 Å². The van der Waals surface area contributed by atoms with Gasteiger partial charge in [0.05, 0.1) is 13.7 Å². The first-order chi connectivity index (χ1) is 7.67. The lowest BCUT2D eigenvalue weighted by molar-refractivity contribution is 0.171. The van der Waals surface area contributed by atoms with Crippen LogP contribution in [-0.2, 0) is 11.3 Å². The molecule has 0 saturated heterocycles. The van der Waals surface area contributed by atoms with Gasteiger partial charge in [0.25, 0.3) is 0 Å². The van der Waals surface area contributed by atoms with Gasteiger partial charge in [-0.25, -0.2) is 0 Å². The smallest absolute Gasteiger partial charge is 0.121 e. The molecule has 0 spiro atoms. The lowest BCUT2D eigenvalue weighted by Crippen LogP contribution is -2.29. The molecular weight excluding hydrogens is 202 g/mol. The molecule has 0 bridgehead atoms. The van der Waals surface area contributed by atoms with Crippen LogP contribution in [0.4, 0.5) is 0 Å². The number of benzene rings is 1. The standard InChI is InChI=1S/C13H21NO2/c1-10-7-12(5-6-13(10)16-4)8-14-11(2)9-15-3/h5-7,11,14H,8-9H2,1-4H3/t11-/m1/s1. The van der Waals surface area contributed by atoms with E-state index >= 15 is 0 Å². The largest absolute Gasteiger partial charge is 0.496 e. The second-order valence-electron chi connectivity index (χ2n) is 4.04. The summed E-state index contributed by atoms with van der Waals surface area (Å²) in [6.45, 7) is 5.76. The van der Waals surface area contributed by atoms with Crippen molar-refractivity contribution in [1.29, 1.82) is 0 Å². The summed E-state index contributed by atoms with van der Waals surface area (Å²) < 4.78 is 10.3. The summed E-state index contributed by atoms with van der Waals surface area (Å²) in [5.74, 6) is 0.939. The van der Waals surface area contributed by atoms with Crippen LogP contribution in [0.25, 0.3) is 0 Å². The minimum atomic E-state index is 0.368. The molecule has 1 aromatic rings. The van der Waals surface area contributed by atoms with E-state index < -0.39 is 0 Å². The third-order valence-corrected chi connectivity index (χ3v) is 2.53. The van der Waals surface area contributed by atoms with Crippen LogP contribution in [-0.4, -0.2) is 26.9 Å². The van der Waals surface area contributed by atoms with Crippen molar-refractivity contribution in [2.24, 2.45) is 0 Å². The van der Waals surface area contributed by atoms with Gasteiger partial charge in [-0.1, -0.05) is 12.1 Å². The Labute approximate surface area is 97.8 Å². The Kier molecular flexibility index (Phi) is 5.29. The predicted octanol–water partition coefficient (Wildman–Crippen LogP) is 2.13. The first kappa shape index (κ1) is 13.0. The van der Waals surface area contributed by atoms with Crippen LogP contribution in [0.1, 0.15) is 18.1 Å². The van der Waals surface area contributed by atoms with Gasteiger partial charge in [0.2, 0.25) is 0 Å². The molecule has 1 rings (SSSR count). The molecule has 3 nitrogen and oxygen atoms in total. The molecule has 1 aromatic carbocycles. The Morgan fingerprint density at radius 3 is 2.62 bits per heavy atom. The van der Waals surface area contributed by atoms with E-state index in [1.165, 1.54) is 11.1 Å². The zero-order valence-corrected chi connectivity index (χ0v) is 10.5. The van der Waals surface area contributed by atoms with Gasteiger partial charge in [-0.05, 0) is 31.0 Å². The summed E-state index contributed by atoms with van der Waals surface area (Å²) in [6.07, 6.45) is 0. The Morgan fingerprint density at radius 2 is 2.06 bits per heavy atom. The van der Waals surface area contributed by atoms with Gasteiger partial charge in [0.15, 0.2) is 0 Å². The highest BCUT2D eigenvalue weighted by Crippen LogP contribution is 2.18. The third kappa shape index (κ3) is 3.83. The fourth-order valence-electron chi connectivity index (χ4n) is 1.65. The highest BCUT2D eigenvalue weighted by Gasteiger charge is 2.02. The molecule has 0 radical (unpaired) electrons. The van der Waals surface area contributed by atoms with Gasteiger partial charge >= 0.3 is 0 Å². The summed E-state index contributed by atoms with van der Waals surface area (Å²) in [4.78, 5) is 0. The second kappa shape index (κ2) is 6.51. The Morgan fingerprint density at radius 1 is 1.31 bits per heavy atom. The zero-order chi connectivity index (χ0) is 12.0. The van der Waals surface area contributed by atoms with Crippen molar-refractivity contribution in [2.45, 2.75) is 26.4 Å². The third-order valence-electron chi connectivity index (χ3n) is 2.53. The van der Waals surface area contributed by atoms with Crippen molar-refractivity contribution in [1.82, 2.24) is 5.32 Å². The van der Waals surface area contributed by atoms with Crippen LogP contribution >= 0.6 is 0 Å². The molecule has 0 aliphatic heterocycles. The number of nitrogens with one attached hydrogen (secondary N) is 1. The molecular formula is C13H21NO2. The number of hydrogen-bond acceptors (Lipinski definition) is 3. The van der Waals surface area contributed by atoms with Crippen molar-refractivity contribution >= 4 is 0 Å². The molecule has 0 amide bonds. The van der Waals surface area contributed by atoms with Gasteiger partial charge < -0.3 is 14.8 Å². The fourth-order valence-corrected chi connectivity index (χ4v) is 1.65. The fraction of sp³-hybridized carbons (Fsp3) is 0.538. The second-order valence-corrected chi connectivity index (χ2v) is 4.04. The van der Waals surface area contributed by atoms with E-state index in [9.17, 15) is 0 Å². The molecule has 0 aliphatic rings. The SMILES string of the molecule is COC[C@@H](C)NCc1ccc(OC)c(C)c1. The molecule has 0 unspecified atom stereocenters. The van der Waals surface area contributed by atoms with Crippen LogP contribution in [0.5, 0.6) is 5.75 Å². The normalized spacial score (nSPS) is 12.5. The number of hydrogen-bond donors (Lipinski definition) is 1. The Bertz CT molecular complexity index is 326. The van der Waals surface area contributed by atoms with E-state index in [2.05, 4.69) is 31.3 Å². The van der Waals surface area contributed by atoms with Crippen molar-refractivity contribution in [3.8, 4) is 5.75 Å². The van der Waals surface area contributed by atoms with Gasteiger partial charge in [0, 0.05) is 19.7 Å². The molecule has 0 aliphatic carbocycles. The molecule has 16 heavy (non-hydrogen) atoms. The number of aryl methyl sites for hydroxylation is 1. The van der Waals surface area contributed by atoms with E-state index in [1.807, 2.05) is 6.07 Å². The van der Waals surface area contributed by atoms with Crippen LogP contribution in [0, 0.1) is 6.92 Å². The number of ether oxygens (including phenoxy) is 2. The van der Waals surface area contributed by atoms with E-state index in [0.29, 0.717) is 6.04 Å². The van der Waals surface area contributed by atoms with Crippen LogP contribution in [0.3, 0.4) is 0 Å². The van der Waals surface area contributed by atoms with Crippen molar-refractivity contribution in [3.63, 3.8) is 0 Å². The molecule has 1 atom stereocenters. The summed E-state index contributed by atoms with van der Waals surface area (Å²) in [5, 5.41) is 3.40. The zero-order valence-electron chi connectivity index (χ0n) is 10.5. The van der Waals surface area contributed by atoms with Crippen molar-refractivity contribution in [2.75, 3.05) is 20.8 Å². The topological polar surface area (TPSA) is 30.5 Å². The minimum absolute atomic E-state index is 0.368. The van der Waals surface area contributed by atoms with Crippen LogP contribution < -0.4 is 10.1 Å². The van der Waals surface area contributed by atoms with Gasteiger partial charge in [-0.2, -0.15) is 0 Å². The molecule has 0 aromatic heterocycles. The van der Waals surface area contributed by atoms with Gasteiger partial charge in [0.1, 0.15) is 5.75 Å². The van der Waals surface area contributed by atoms with Gasteiger partial charge in [-0.3, -0.25) is 0 Å². The Hall–Kier alpha value is -1.06. The molecule has 3 heteroatoms. The lowest BCUT2D eigenvalue weighted by atomic mass is 10.1. The summed E-state index contributed by atoms with van der Waals surface area (Å²) in [5.41, 5.74) is 2.43. The molecule has 0 saturated carbocycles. The minimum Gasteiger partial charge on any atom is -0.496 e. The maximum absolute atomic E-state index is 5.22. The lowest BCUT2D eigenvalue weighted by Gasteiger charge is -2.13. The first-order valence-corrected chi connectivity index (χ1v) is 5.53. The molecule has 90 valence electrons. The molecule has 1 N–H and O–H groups in total. The number of rotatable bonds is 6. The summed E-state index contributed by atoms with van der Waals surface area (Å²) in [6, 6.07) is 6.60. The molecule has 0 heterocycles. The van der Waals surface area contributed by atoms with Crippen molar-refractivity contribution in [3.05, 3.63) is 29.3 Å². The maximum Gasteiger partial charge on any atom is 0.121 e. The van der Waals surface area contributed by atoms with E-state index in [4.69, 9.17) is 9.47 Å². The summed E-state index contributed by atoms with van der Waals surface area (Å²) >= 11 is 0.